The Balaban J connectivity index is 2.47. The molecule has 74 valence electrons. The van der Waals surface area contributed by atoms with Crippen LogP contribution in [0, 0.1) is 0 Å². The van der Waals surface area contributed by atoms with Gasteiger partial charge in [-0.1, -0.05) is 0 Å². The fourth-order valence-corrected chi connectivity index (χ4v) is 0.794. The van der Waals surface area contributed by atoms with Gasteiger partial charge in [-0.15, -0.1) is 0 Å². The van der Waals surface area contributed by atoms with Crippen molar-refractivity contribution in [3.63, 3.8) is 0 Å². The molecular formula is C9H13F2NO. The van der Waals surface area contributed by atoms with E-state index < -0.39 is 11.8 Å². The molecule has 0 aromatic carbocycles. The average Bonchev–Trinajstić information content (AvgIpc) is 2.68. The van der Waals surface area contributed by atoms with Gasteiger partial charge in [0.1, 0.15) is 0 Å². The van der Waals surface area contributed by atoms with Crippen LogP contribution < -0.4 is 5.32 Å². The van der Waals surface area contributed by atoms with E-state index in [-0.39, 0.29) is 11.6 Å². The molecule has 4 heteroatoms. The molecule has 0 heterocycles. The second kappa shape index (κ2) is 3.44. The maximum absolute atomic E-state index is 12.6. The zero-order valence-corrected chi connectivity index (χ0v) is 7.73. The zero-order valence-electron chi connectivity index (χ0n) is 7.73. The Labute approximate surface area is 76.0 Å². The summed E-state index contributed by atoms with van der Waals surface area (Å²) < 4.78 is 25.2. The number of allylic oxidation sites excluding steroid dienone is 1. The molecule has 0 unspecified atom stereocenters. The molecule has 1 saturated carbocycles. The molecule has 0 spiro atoms. The van der Waals surface area contributed by atoms with E-state index in [9.17, 15) is 13.6 Å². The minimum Gasteiger partial charge on any atom is -0.350 e. The maximum Gasteiger partial charge on any atom is 0.266 e. The lowest BCUT2D eigenvalue weighted by Crippen LogP contribution is -2.25. The van der Waals surface area contributed by atoms with Crippen molar-refractivity contribution < 1.29 is 13.6 Å². The Morgan fingerprint density at radius 1 is 1.54 bits per heavy atom. The zero-order chi connectivity index (χ0) is 10.1. The van der Waals surface area contributed by atoms with Crippen LogP contribution in [-0.2, 0) is 4.79 Å². The van der Waals surface area contributed by atoms with Gasteiger partial charge in [0.05, 0.1) is 0 Å². The van der Waals surface area contributed by atoms with Crippen LogP contribution in [0.15, 0.2) is 11.6 Å². The predicted molar refractivity (Wildman–Crippen MR) is 45.5 cm³/mol. The van der Waals surface area contributed by atoms with Crippen molar-refractivity contribution in [2.24, 2.45) is 0 Å². The lowest BCUT2D eigenvalue weighted by Gasteiger charge is -2.10. The van der Waals surface area contributed by atoms with Gasteiger partial charge in [-0.25, -0.2) is 8.78 Å². The van der Waals surface area contributed by atoms with Crippen LogP contribution in [0.25, 0.3) is 0 Å². The van der Waals surface area contributed by atoms with E-state index in [1.165, 1.54) is 6.92 Å². The number of carbonyl (C=O) groups is 1. The predicted octanol–water partition coefficient (Wildman–Crippen LogP) is 1.87. The van der Waals surface area contributed by atoms with E-state index in [1.54, 1.807) is 0 Å². The number of nitrogens with one attached hydrogen (secondary N) is 1. The number of amides is 1. The largest absolute Gasteiger partial charge is 0.350 e. The fraction of sp³-hybridized carbons (Fsp3) is 0.667. The van der Waals surface area contributed by atoms with E-state index >= 15 is 0 Å². The number of halogens is 2. The molecule has 0 atom stereocenters. The number of hydrogen-bond donors (Lipinski definition) is 1. The third kappa shape index (κ3) is 3.53. The van der Waals surface area contributed by atoms with Gasteiger partial charge in [0, 0.05) is 24.6 Å². The van der Waals surface area contributed by atoms with Crippen molar-refractivity contribution in [3.8, 4) is 0 Å². The summed E-state index contributed by atoms with van der Waals surface area (Å²) in [5.74, 6) is -3.32. The minimum atomic E-state index is -2.90. The highest BCUT2D eigenvalue weighted by atomic mass is 19.3. The van der Waals surface area contributed by atoms with Gasteiger partial charge in [-0.2, -0.15) is 0 Å². The van der Waals surface area contributed by atoms with Gasteiger partial charge in [0.25, 0.3) is 5.92 Å². The van der Waals surface area contributed by atoms with Gasteiger partial charge in [0.15, 0.2) is 0 Å². The molecule has 1 rings (SSSR count). The van der Waals surface area contributed by atoms with Crippen LogP contribution in [-0.4, -0.2) is 17.9 Å². The first kappa shape index (κ1) is 10.2. The molecule has 1 N–H and O–H groups in total. The number of alkyl halides is 2. The molecule has 0 radical (unpaired) electrons. The second-order valence-corrected chi connectivity index (χ2v) is 3.50. The SMILES string of the molecule is C/C(=C\C(=O)NC1CC1)C(C)(F)F. The van der Waals surface area contributed by atoms with Gasteiger partial charge in [-0.3, -0.25) is 4.79 Å². The first-order valence-electron chi connectivity index (χ1n) is 4.26. The molecule has 1 amide bonds. The van der Waals surface area contributed by atoms with Gasteiger partial charge >= 0.3 is 0 Å². The van der Waals surface area contributed by atoms with Crippen molar-refractivity contribution in [2.45, 2.75) is 38.7 Å². The molecule has 0 aromatic heterocycles. The maximum atomic E-state index is 12.6. The third-order valence-corrected chi connectivity index (χ3v) is 1.96. The van der Waals surface area contributed by atoms with Crippen molar-refractivity contribution in [3.05, 3.63) is 11.6 Å². The normalized spacial score (nSPS) is 18.6. The summed E-state index contributed by atoms with van der Waals surface area (Å²) in [4.78, 5) is 11.0. The Bertz CT molecular complexity index is 238. The van der Waals surface area contributed by atoms with E-state index in [0.29, 0.717) is 0 Å². The van der Waals surface area contributed by atoms with Gasteiger partial charge in [0.2, 0.25) is 5.91 Å². The second-order valence-electron chi connectivity index (χ2n) is 3.50. The van der Waals surface area contributed by atoms with Gasteiger partial charge in [-0.05, 0) is 19.8 Å². The van der Waals surface area contributed by atoms with E-state index in [1.807, 2.05) is 0 Å². The average molecular weight is 189 g/mol. The van der Waals surface area contributed by atoms with Crippen LogP contribution in [0.4, 0.5) is 8.78 Å². The Morgan fingerprint density at radius 2 is 2.08 bits per heavy atom. The highest BCUT2D eigenvalue weighted by molar-refractivity contribution is 5.88. The molecule has 0 bridgehead atoms. The van der Waals surface area contributed by atoms with Crippen LogP contribution in [0.3, 0.4) is 0 Å². The van der Waals surface area contributed by atoms with Crippen molar-refractivity contribution in [1.82, 2.24) is 5.32 Å². The molecule has 0 saturated heterocycles. The lowest BCUT2D eigenvalue weighted by atomic mass is 10.1. The Morgan fingerprint density at radius 3 is 2.46 bits per heavy atom. The van der Waals surface area contributed by atoms with E-state index in [2.05, 4.69) is 5.32 Å². The summed E-state index contributed by atoms with van der Waals surface area (Å²) >= 11 is 0. The van der Waals surface area contributed by atoms with Crippen molar-refractivity contribution in [2.75, 3.05) is 0 Å². The summed E-state index contributed by atoms with van der Waals surface area (Å²) in [7, 11) is 0. The van der Waals surface area contributed by atoms with E-state index in [0.717, 1.165) is 25.8 Å². The summed E-state index contributed by atoms with van der Waals surface area (Å²) in [5, 5.41) is 2.61. The van der Waals surface area contributed by atoms with E-state index in [4.69, 9.17) is 0 Å². The molecule has 1 aliphatic carbocycles. The standard InChI is InChI=1S/C9H13F2NO/c1-6(9(2,10)11)5-8(13)12-7-3-4-7/h5,7H,3-4H2,1-2H3,(H,12,13)/b6-5+. The van der Waals surface area contributed by atoms with Crippen LogP contribution >= 0.6 is 0 Å². The number of rotatable bonds is 3. The third-order valence-electron chi connectivity index (χ3n) is 1.96. The van der Waals surface area contributed by atoms with Crippen LogP contribution in [0.1, 0.15) is 26.7 Å². The highest BCUT2D eigenvalue weighted by Gasteiger charge is 2.26. The van der Waals surface area contributed by atoms with Crippen molar-refractivity contribution in [1.29, 1.82) is 0 Å². The minimum absolute atomic E-state index is 0.203. The number of carbonyl (C=O) groups excluding carboxylic acids is 1. The highest BCUT2D eigenvalue weighted by Crippen LogP contribution is 2.22. The summed E-state index contributed by atoms with van der Waals surface area (Å²) in [6, 6.07) is 0.210. The quantitative estimate of drug-likeness (QED) is 0.674. The summed E-state index contributed by atoms with van der Waals surface area (Å²) in [6.45, 7) is 2.04. The summed E-state index contributed by atoms with van der Waals surface area (Å²) in [6.07, 6.45) is 2.89. The van der Waals surface area contributed by atoms with Crippen molar-refractivity contribution >= 4 is 5.91 Å². The fourth-order valence-electron chi connectivity index (χ4n) is 0.794. The molecule has 1 fully saturated rings. The van der Waals surface area contributed by atoms with Crippen LogP contribution in [0.5, 0.6) is 0 Å². The summed E-state index contributed by atoms with van der Waals surface area (Å²) in [5.41, 5.74) is -0.203. The van der Waals surface area contributed by atoms with Gasteiger partial charge < -0.3 is 5.32 Å². The molecular weight excluding hydrogens is 176 g/mol. The molecule has 2 nitrogen and oxygen atoms in total. The molecule has 0 aromatic rings. The topological polar surface area (TPSA) is 29.1 Å². The van der Waals surface area contributed by atoms with Crippen LogP contribution in [0.2, 0.25) is 0 Å². The monoisotopic (exact) mass is 189 g/mol. The molecule has 13 heavy (non-hydrogen) atoms. The lowest BCUT2D eigenvalue weighted by molar-refractivity contribution is -0.116. The Hall–Kier alpha value is -0.930. The first-order chi connectivity index (χ1) is 5.89. The first-order valence-corrected chi connectivity index (χ1v) is 4.26. The molecule has 1 aliphatic rings. The Kier molecular flexibility index (Phi) is 2.68. The molecule has 0 aliphatic heterocycles. The smallest absolute Gasteiger partial charge is 0.266 e. The number of hydrogen-bond acceptors (Lipinski definition) is 1.